The molecule has 1 heterocycles. The molecule has 0 saturated heterocycles. The third-order valence-electron chi connectivity index (χ3n) is 4.41. The van der Waals surface area contributed by atoms with Gasteiger partial charge in [0.25, 0.3) is 0 Å². The van der Waals surface area contributed by atoms with E-state index in [1.165, 1.54) is 18.9 Å². The summed E-state index contributed by atoms with van der Waals surface area (Å²) in [6.07, 6.45) is 6.83. The van der Waals surface area contributed by atoms with Crippen LogP contribution in [0.2, 0.25) is 0 Å². The second-order valence-electron chi connectivity index (χ2n) is 5.89. The number of hydrogen-bond acceptors (Lipinski definition) is 2. The van der Waals surface area contributed by atoms with E-state index < -0.39 is 0 Å². The van der Waals surface area contributed by atoms with Crippen molar-refractivity contribution in [1.29, 1.82) is 0 Å². The Kier molecular flexibility index (Phi) is 3.48. The van der Waals surface area contributed by atoms with Gasteiger partial charge in [-0.2, -0.15) is 0 Å². The second kappa shape index (κ2) is 5.12. The molecular formula is C16H22FNO. The molecule has 0 aromatic heterocycles. The third-order valence-corrected chi connectivity index (χ3v) is 4.41. The monoisotopic (exact) mass is 263 g/mol. The Morgan fingerprint density at radius 2 is 2.16 bits per heavy atom. The van der Waals surface area contributed by atoms with Gasteiger partial charge >= 0.3 is 0 Å². The lowest BCUT2D eigenvalue weighted by molar-refractivity contribution is 0.0366. The predicted octanol–water partition coefficient (Wildman–Crippen LogP) is 3.96. The van der Waals surface area contributed by atoms with Crippen molar-refractivity contribution in [3.05, 3.63) is 29.6 Å². The first kappa shape index (κ1) is 12.9. The van der Waals surface area contributed by atoms with Crippen molar-refractivity contribution in [2.45, 2.75) is 57.1 Å². The number of nitrogens with one attached hydrogen (secondary N) is 1. The van der Waals surface area contributed by atoms with Crippen LogP contribution in [0.15, 0.2) is 18.2 Å². The fourth-order valence-corrected chi connectivity index (χ4v) is 3.47. The van der Waals surface area contributed by atoms with Crippen molar-refractivity contribution >= 4 is 0 Å². The molecule has 1 atom stereocenters. The summed E-state index contributed by atoms with van der Waals surface area (Å²) in [5.74, 6) is 0.705. The lowest BCUT2D eigenvalue weighted by Gasteiger charge is -2.40. The van der Waals surface area contributed by atoms with Crippen LogP contribution in [0.1, 0.15) is 57.1 Å². The summed E-state index contributed by atoms with van der Waals surface area (Å²) in [6, 6.07) is 5.16. The quantitative estimate of drug-likeness (QED) is 0.891. The summed E-state index contributed by atoms with van der Waals surface area (Å²) in [4.78, 5) is 0. The summed E-state index contributed by atoms with van der Waals surface area (Å²) in [5, 5.41) is 3.56. The van der Waals surface area contributed by atoms with E-state index in [0.717, 1.165) is 43.5 Å². The molecule has 1 fully saturated rings. The largest absolute Gasteiger partial charge is 0.487 e. The van der Waals surface area contributed by atoms with Gasteiger partial charge in [-0.1, -0.05) is 6.92 Å². The zero-order valence-corrected chi connectivity index (χ0v) is 11.5. The van der Waals surface area contributed by atoms with E-state index in [9.17, 15) is 4.39 Å². The highest BCUT2D eigenvalue weighted by Gasteiger charge is 2.42. The standard InChI is InChI=1S/C16H22FNO/c1-2-9-18-14-11-16(7-3-4-8-16)19-15-6-5-12(17)10-13(14)15/h5-6,10,14,18H,2-4,7-9,11H2,1H3. The number of benzene rings is 1. The zero-order valence-electron chi connectivity index (χ0n) is 11.5. The van der Waals surface area contributed by atoms with Crippen molar-refractivity contribution in [3.8, 4) is 5.75 Å². The molecule has 2 aliphatic rings. The molecule has 1 aromatic rings. The molecular weight excluding hydrogens is 241 g/mol. The summed E-state index contributed by atoms with van der Waals surface area (Å²) in [7, 11) is 0. The van der Waals surface area contributed by atoms with Crippen molar-refractivity contribution in [3.63, 3.8) is 0 Å². The Morgan fingerprint density at radius 3 is 2.89 bits per heavy atom. The maximum Gasteiger partial charge on any atom is 0.125 e. The van der Waals surface area contributed by atoms with Crippen LogP contribution in [0.3, 0.4) is 0 Å². The summed E-state index contributed by atoms with van der Waals surface area (Å²) in [5.41, 5.74) is 0.988. The topological polar surface area (TPSA) is 21.3 Å². The first-order chi connectivity index (χ1) is 9.22. The minimum atomic E-state index is -0.173. The van der Waals surface area contributed by atoms with Crippen LogP contribution in [-0.4, -0.2) is 12.1 Å². The minimum Gasteiger partial charge on any atom is -0.487 e. The molecule has 1 N–H and O–H groups in total. The molecule has 3 rings (SSSR count). The molecule has 1 aliphatic carbocycles. The lowest BCUT2D eigenvalue weighted by Crippen LogP contribution is -2.42. The Bertz CT molecular complexity index is 454. The Morgan fingerprint density at radius 1 is 1.37 bits per heavy atom. The molecule has 0 bridgehead atoms. The van der Waals surface area contributed by atoms with E-state index in [1.807, 2.05) is 0 Å². The fourth-order valence-electron chi connectivity index (χ4n) is 3.47. The number of ether oxygens (including phenoxy) is 1. The maximum atomic E-state index is 13.5. The molecule has 1 aromatic carbocycles. The van der Waals surface area contributed by atoms with Crippen LogP contribution in [-0.2, 0) is 0 Å². The van der Waals surface area contributed by atoms with Crippen molar-refractivity contribution in [2.24, 2.45) is 0 Å². The molecule has 2 nitrogen and oxygen atoms in total. The Labute approximate surface area is 114 Å². The molecule has 0 amide bonds. The van der Waals surface area contributed by atoms with Gasteiger partial charge in [0.2, 0.25) is 0 Å². The van der Waals surface area contributed by atoms with Crippen molar-refractivity contribution < 1.29 is 9.13 Å². The molecule has 1 unspecified atom stereocenters. The summed E-state index contributed by atoms with van der Waals surface area (Å²) in [6.45, 7) is 3.13. The van der Waals surface area contributed by atoms with Gasteiger partial charge in [0, 0.05) is 18.0 Å². The fraction of sp³-hybridized carbons (Fsp3) is 0.625. The van der Waals surface area contributed by atoms with Gasteiger partial charge in [0.1, 0.15) is 17.2 Å². The number of halogens is 1. The van der Waals surface area contributed by atoms with E-state index in [4.69, 9.17) is 4.74 Å². The maximum absolute atomic E-state index is 13.5. The highest BCUT2D eigenvalue weighted by molar-refractivity contribution is 5.39. The lowest BCUT2D eigenvalue weighted by atomic mass is 9.86. The van der Waals surface area contributed by atoms with Crippen LogP contribution in [0.5, 0.6) is 5.75 Å². The average molecular weight is 263 g/mol. The summed E-state index contributed by atoms with van der Waals surface area (Å²) >= 11 is 0. The highest BCUT2D eigenvalue weighted by atomic mass is 19.1. The number of rotatable bonds is 3. The SMILES string of the molecule is CCCNC1CC2(CCCC2)Oc2ccc(F)cc21. The number of hydrogen-bond donors (Lipinski definition) is 1. The first-order valence-electron chi connectivity index (χ1n) is 7.44. The highest BCUT2D eigenvalue weighted by Crippen LogP contribution is 2.47. The van der Waals surface area contributed by atoms with Gasteiger partial charge in [-0.25, -0.2) is 4.39 Å². The van der Waals surface area contributed by atoms with Gasteiger partial charge in [0.15, 0.2) is 0 Å². The Balaban J connectivity index is 1.91. The van der Waals surface area contributed by atoms with Gasteiger partial charge in [-0.05, 0) is 56.8 Å². The molecule has 104 valence electrons. The van der Waals surface area contributed by atoms with Crippen LogP contribution < -0.4 is 10.1 Å². The van der Waals surface area contributed by atoms with Crippen molar-refractivity contribution in [1.82, 2.24) is 5.32 Å². The predicted molar refractivity (Wildman–Crippen MR) is 73.9 cm³/mol. The van der Waals surface area contributed by atoms with E-state index in [-0.39, 0.29) is 17.5 Å². The Hall–Kier alpha value is -1.09. The van der Waals surface area contributed by atoms with Crippen LogP contribution in [0.4, 0.5) is 4.39 Å². The smallest absolute Gasteiger partial charge is 0.125 e. The summed E-state index contributed by atoms with van der Waals surface area (Å²) < 4.78 is 19.7. The average Bonchev–Trinajstić information content (AvgIpc) is 2.85. The third kappa shape index (κ3) is 2.48. The van der Waals surface area contributed by atoms with Gasteiger partial charge in [-0.15, -0.1) is 0 Å². The molecule has 1 saturated carbocycles. The zero-order chi connectivity index (χ0) is 13.3. The van der Waals surface area contributed by atoms with Crippen LogP contribution in [0, 0.1) is 5.82 Å². The molecule has 3 heteroatoms. The molecule has 1 spiro atoms. The molecule has 1 aliphatic heterocycles. The molecule has 0 radical (unpaired) electrons. The second-order valence-corrected chi connectivity index (χ2v) is 5.89. The van der Waals surface area contributed by atoms with Crippen molar-refractivity contribution in [2.75, 3.05) is 6.54 Å². The van der Waals surface area contributed by atoms with E-state index in [1.54, 1.807) is 12.1 Å². The number of fused-ring (bicyclic) bond motifs is 1. The van der Waals surface area contributed by atoms with E-state index >= 15 is 0 Å². The van der Waals surface area contributed by atoms with E-state index in [0.29, 0.717) is 0 Å². The first-order valence-corrected chi connectivity index (χ1v) is 7.44. The molecule has 19 heavy (non-hydrogen) atoms. The minimum absolute atomic E-state index is 0.00373. The normalized spacial score (nSPS) is 24.2. The van der Waals surface area contributed by atoms with Gasteiger partial charge in [0.05, 0.1) is 0 Å². The van der Waals surface area contributed by atoms with Gasteiger partial charge in [-0.3, -0.25) is 0 Å². The van der Waals surface area contributed by atoms with Crippen LogP contribution >= 0.6 is 0 Å². The van der Waals surface area contributed by atoms with E-state index in [2.05, 4.69) is 12.2 Å². The van der Waals surface area contributed by atoms with Gasteiger partial charge < -0.3 is 10.1 Å². The van der Waals surface area contributed by atoms with Crippen LogP contribution in [0.25, 0.3) is 0 Å².